The third-order valence-electron chi connectivity index (χ3n) is 4.53. The molecule has 2 heterocycles. The molecular formula is C17H18F3N3O4S. The lowest BCUT2D eigenvalue weighted by atomic mass is 10.1. The second kappa shape index (κ2) is 7.57. The average molecular weight is 417 g/mol. The van der Waals surface area contributed by atoms with Crippen molar-refractivity contribution in [1.82, 2.24) is 9.29 Å². The molecule has 1 aliphatic heterocycles. The number of carbonyl (C=O) groups excluding carboxylic acids is 1. The van der Waals surface area contributed by atoms with Crippen molar-refractivity contribution < 1.29 is 31.5 Å². The number of fused-ring (bicyclic) bond motifs is 1. The number of rotatable bonds is 4. The highest BCUT2D eigenvalue weighted by Crippen LogP contribution is 2.29. The highest BCUT2D eigenvalue weighted by Gasteiger charge is 2.32. The third-order valence-corrected chi connectivity index (χ3v) is 6.10. The summed E-state index contributed by atoms with van der Waals surface area (Å²) in [6.07, 6.45) is -1.28. The van der Waals surface area contributed by atoms with Crippen LogP contribution in [-0.4, -0.2) is 36.6 Å². The lowest BCUT2D eigenvalue weighted by Crippen LogP contribution is -2.36. The zero-order chi connectivity index (χ0) is 20.6. The second-order valence-electron chi connectivity index (χ2n) is 6.46. The van der Waals surface area contributed by atoms with Gasteiger partial charge in [0.2, 0.25) is 10.0 Å². The zero-order valence-electron chi connectivity index (χ0n) is 14.7. The van der Waals surface area contributed by atoms with Crippen LogP contribution in [0.3, 0.4) is 0 Å². The number of aryl methyl sites for hydroxylation is 1. The minimum Gasteiger partial charge on any atom is -0.395 e. The van der Waals surface area contributed by atoms with E-state index in [1.807, 2.05) is 0 Å². The average Bonchev–Trinajstić information content (AvgIpc) is 2.91. The maximum Gasteiger partial charge on any atom is 0.272 e. The third kappa shape index (κ3) is 3.77. The minimum atomic E-state index is -3.93. The Hall–Kier alpha value is -2.37. The topological polar surface area (TPSA) is 100 Å². The predicted molar refractivity (Wildman–Crippen MR) is 94.2 cm³/mol. The van der Waals surface area contributed by atoms with Crippen molar-refractivity contribution in [2.45, 2.75) is 30.2 Å². The van der Waals surface area contributed by atoms with Crippen molar-refractivity contribution in [2.75, 3.05) is 11.9 Å². The molecule has 0 saturated heterocycles. The number of sulfonamides is 1. The van der Waals surface area contributed by atoms with E-state index in [4.69, 9.17) is 0 Å². The lowest BCUT2D eigenvalue weighted by Gasteiger charge is -2.12. The molecule has 2 aromatic rings. The van der Waals surface area contributed by atoms with Gasteiger partial charge < -0.3 is 15.0 Å². The molecular weight excluding hydrogens is 399 g/mol. The van der Waals surface area contributed by atoms with E-state index in [9.17, 15) is 31.5 Å². The molecule has 0 radical (unpaired) electrons. The SMILES string of the molecule is Cn1cc2c(c1C(=O)Nc1ccc(F)c(C(F)F)c1)CC[C@H](CO)NS2(=O)=O. The number of aliphatic hydroxyl groups excluding tert-OH is 1. The molecule has 11 heteroatoms. The van der Waals surface area contributed by atoms with Gasteiger partial charge in [0.05, 0.1) is 12.2 Å². The summed E-state index contributed by atoms with van der Waals surface area (Å²) in [6.45, 7) is -0.386. The largest absolute Gasteiger partial charge is 0.395 e. The highest BCUT2D eigenvalue weighted by atomic mass is 32.2. The van der Waals surface area contributed by atoms with Crippen molar-refractivity contribution in [3.63, 3.8) is 0 Å². The summed E-state index contributed by atoms with van der Waals surface area (Å²) < 4.78 is 67.8. The van der Waals surface area contributed by atoms with Crippen LogP contribution in [0.2, 0.25) is 0 Å². The van der Waals surface area contributed by atoms with Gasteiger partial charge in [-0.1, -0.05) is 0 Å². The monoisotopic (exact) mass is 417 g/mol. The van der Waals surface area contributed by atoms with Crippen LogP contribution in [0, 0.1) is 5.82 Å². The molecule has 1 aromatic heterocycles. The summed E-state index contributed by atoms with van der Waals surface area (Å²) >= 11 is 0. The summed E-state index contributed by atoms with van der Waals surface area (Å²) in [5.41, 5.74) is -0.581. The van der Waals surface area contributed by atoms with Crippen molar-refractivity contribution in [3.8, 4) is 0 Å². The van der Waals surface area contributed by atoms with Crippen LogP contribution in [0.15, 0.2) is 29.3 Å². The molecule has 3 rings (SSSR count). The van der Waals surface area contributed by atoms with Gasteiger partial charge in [-0.25, -0.2) is 26.3 Å². The number of benzene rings is 1. The maximum atomic E-state index is 13.4. The standard InChI is InChI=1S/C17H18F3N3O4S/c1-23-7-14-11(4-2-10(8-24)22-28(14,26)27)15(23)17(25)21-9-3-5-13(18)12(6-9)16(19)20/h3,5-7,10,16,22,24H,2,4,8H2,1H3,(H,21,25)/t10-/m1/s1. The summed E-state index contributed by atoms with van der Waals surface area (Å²) in [6, 6.07) is 2.12. The molecule has 0 bridgehead atoms. The van der Waals surface area contributed by atoms with E-state index in [-0.39, 0.29) is 41.3 Å². The van der Waals surface area contributed by atoms with Gasteiger partial charge in [0.15, 0.2) is 0 Å². The molecule has 0 saturated carbocycles. The van der Waals surface area contributed by atoms with Gasteiger partial charge >= 0.3 is 0 Å². The molecule has 3 N–H and O–H groups in total. The van der Waals surface area contributed by atoms with E-state index in [1.54, 1.807) is 0 Å². The van der Waals surface area contributed by atoms with Gasteiger partial charge in [0.1, 0.15) is 16.4 Å². The fraction of sp³-hybridized carbons (Fsp3) is 0.353. The maximum absolute atomic E-state index is 13.4. The number of aliphatic hydroxyl groups is 1. The predicted octanol–water partition coefficient (Wildman–Crippen LogP) is 1.94. The van der Waals surface area contributed by atoms with E-state index >= 15 is 0 Å². The lowest BCUT2D eigenvalue weighted by molar-refractivity contribution is 0.101. The normalized spacial score (nSPS) is 18.6. The first-order valence-corrected chi connectivity index (χ1v) is 9.82. The Bertz CT molecular complexity index is 1020. The molecule has 152 valence electrons. The fourth-order valence-electron chi connectivity index (χ4n) is 3.19. The number of anilines is 1. The molecule has 28 heavy (non-hydrogen) atoms. The minimum absolute atomic E-state index is 0.0421. The van der Waals surface area contributed by atoms with E-state index in [2.05, 4.69) is 10.0 Å². The van der Waals surface area contributed by atoms with Gasteiger partial charge in [0, 0.05) is 30.5 Å². The number of halogens is 3. The molecule has 1 aliphatic rings. The number of nitrogens with one attached hydrogen (secondary N) is 2. The number of hydrogen-bond acceptors (Lipinski definition) is 4. The number of hydrogen-bond donors (Lipinski definition) is 3. The molecule has 0 fully saturated rings. The Kier molecular flexibility index (Phi) is 5.50. The van der Waals surface area contributed by atoms with Gasteiger partial charge in [-0.05, 0) is 31.0 Å². The summed E-state index contributed by atoms with van der Waals surface area (Å²) in [7, 11) is -2.45. The van der Waals surface area contributed by atoms with Gasteiger partial charge in [-0.2, -0.15) is 0 Å². The van der Waals surface area contributed by atoms with Crippen molar-refractivity contribution in [3.05, 3.63) is 47.0 Å². The van der Waals surface area contributed by atoms with E-state index in [1.165, 1.54) is 17.8 Å². The zero-order valence-corrected chi connectivity index (χ0v) is 15.6. The first-order valence-electron chi connectivity index (χ1n) is 8.34. The molecule has 1 aromatic carbocycles. The van der Waals surface area contributed by atoms with E-state index < -0.39 is 39.8 Å². The van der Waals surface area contributed by atoms with Crippen molar-refractivity contribution in [1.29, 1.82) is 0 Å². The van der Waals surface area contributed by atoms with Crippen LogP contribution in [-0.2, 0) is 23.5 Å². The summed E-state index contributed by atoms with van der Waals surface area (Å²) in [5, 5.41) is 11.7. The van der Waals surface area contributed by atoms with Crippen LogP contribution < -0.4 is 10.0 Å². The number of amides is 1. The summed E-state index contributed by atoms with van der Waals surface area (Å²) in [5.74, 6) is -1.80. The Morgan fingerprint density at radius 1 is 1.43 bits per heavy atom. The number of alkyl halides is 2. The first kappa shape index (κ1) is 20.4. The molecule has 7 nitrogen and oxygen atoms in total. The Balaban J connectivity index is 1.97. The van der Waals surface area contributed by atoms with Crippen LogP contribution in [0.1, 0.15) is 34.5 Å². The Morgan fingerprint density at radius 2 is 2.14 bits per heavy atom. The Morgan fingerprint density at radius 3 is 2.79 bits per heavy atom. The molecule has 0 spiro atoms. The number of aromatic nitrogens is 1. The molecule has 0 aliphatic carbocycles. The van der Waals surface area contributed by atoms with Crippen molar-refractivity contribution >= 4 is 21.6 Å². The molecule has 1 amide bonds. The first-order chi connectivity index (χ1) is 13.1. The van der Waals surface area contributed by atoms with Gasteiger partial charge in [-0.15, -0.1) is 0 Å². The van der Waals surface area contributed by atoms with Gasteiger partial charge in [0.25, 0.3) is 12.3 Å². The van der Waals surface area contributed by atoms with E-state index in [0.717, 1.165) is 18.2 Å². The fourth-order valence-corrected chi connectivity index (χ4v) is 4.76. The van der Waals surface area contributed by atoms with Crippen LogP contribution in [0.25, 0.3) is 0 Å². The second-order valence-corrected chi connectivity index (χ2v) is 8.14. The van der Waals surface area contributed by atoms with Crippen LogP contribution in [0.5, 0.6) is 0 Å². The van der Waals surface area contributed by atoms with Crippen molar-refractivity contribution in [2.24, 2.45) is 7.05 Å². The highest BCUT2D eigenvalue weighted by molar-refractivity contribution is 7.89. The van der Waals surface area contributed by atoms with Crippen LogP contribution in [0.4, 0.5) is 18.9 Å². The number of carbonyl (C=O) groups is 1. The number of nitrogens with zero attached hydrogens (tertiary/aromatic N) is 1. The van der Waals surface area contributed by atoms with Crippen LogP contribution >= 0.6 is 0 Å². The molecule has 1 atom stereocenters. The van der Waals surface area contributed by atoms with Gasteiger partial charge in [-0.3, -0.25) is 4.79 Å². The smallest absolute Gasteiger partial charge is 0.272 e. The quantitative estimate of drug-likeness (QED) is 0.708. The molecule has 0 unspecified atom stereocenters. The Labute approximate surface area is 159 Å². The van der Waals surface area contributed by atoms with E-state index in [0.29, 0.717) is 0 Å². The summed E-state index contributed by atoms with van der Waals surface area (Å²) in [4.78, 5) is 12.7.